The van der Waals surface area contributed by atoms with Crippen molar-refractivity contribution in [3.05, 3.63) is 22.8 Å². The third-order valence-electron chi connectivity index (χ3n) is 12.2. The highest BCUT2D eigenvalue weighted by atomic mass is 28.4. The van der Waals surface area contributed by atoms with Crippen LogP contribution in [0, 0.1) is 18.3 Å². The van der Waals surface area contributed by atoms with Crippen LogP contribution < -0.4 is 9.47 Å². The molecule has 0 aliphatic carbocycles. The van der Waals surface area contributed by atoms with Crippen molar-refractivity contribution in [1.29, 1.82) is 0 Å². The van der Waals surface area contributed by atoms with Crippen molar-refractivity contribution in [3.63, 3.8) is 0 Å². The lowest BCUT2D eigenvalue weighted by Gasteiger charge is -2.52. The zero-order chi connectivity index (χ0) is 43.1. The van der Waals surface area contributed by atoms with Crippen LogP contribution in [0.15, 0.2) is 11.1 Å². The van der Waals surface area contributed by atoms with E-state index in [0.29, 0.717) is 43.1 Å². The van der Waals surface area contributed by atoms with E-state index in [-0.39, 0.29) is 31.1 Å². The van der Waals surface area contributed by atoms with Gasteiger partial charge in [0.15, 0.2) is 28.1 Å². The molecule has 0 unspecified atom stereocenters. The number of fused-ring (bicyclic) bond motifs is 1. The molecule has 7 atom stereocenters. The summed E-state index contributed by atoms with van der Waals surface area (Å²) in [6.07, 6.45) is -1.14. The Labute approximate surface area is 346 Å². The molecule has 1 fully saturated rings. The summed E-state index contributed by atoms with van der Waals surface area (Å²) in [5.74, 6) is -0.109. The zero-order valence-corrected chi connectivity index (χ0v) is 41.0. The molecule has 0 amide bonds. The molecule has 0 radical (unpaired) electrons. The first-order valence-electron chi connectivity index (χ1n) is 20.6. The van der Waals surface area contributed by atoms with Crippen LogP contribution in [0.25, 0.3) is 0 Å². The molecule has 3 rings (SSSR count). The summed E-state index contributed by atoms with van der Waals surface area (Å²) in [6.45, 7) is 34.0. The molecule has 2 aliphatic rings. The van der Waals surface area contributed by atoms with Crippen molar-refractivity contribution in [2.75, 3.05) is 33.9 Å². The molecule has 2 heterocycles. The minimum absolute atomic E-state index is 0.0155. The molecule has 0 saturated carbocycles. The number of aliphatic hydroxyl groups is 1. The Morgan fingerprint density at radius 1 is 0.965 bits per heavy atom. The van der Waals surface area contributed by atoms with E-state index in [1.165, 1.54) is 7.11 Å². The molecule has 57 heavy (non-hydrogen) atoms. The summed E-state index contributed by atoms with van der Waals surface area (Å²) in [6, 6.07) is 3.73. The summed E-state index contributed by atoms with van der Waals surface area (Å²) < 4.78 is 49.3. The quantitative estimate of drug-likeness (QED) is 0.0317. The highest BCUT2D eigenvalue weighted by Gasteiger charge is 2.52. The summed E-state index contributed by atoms with van der Waals surface area (Å²) in [4.78, 5) is 29.2. The van der Waals surface area contributed by atoms with Gasteiger partial charge in [0.1, 0.15) is 29.3 Å². The van der Waals surface area contributed by atoms with Crippen LogP contribution in [-0.2, 0) is 39.3 Å². The van der Waals surface area contributed by atoms with E-state index in [9.17, 15) is 14.7 Å². The summed E-state index contributed by atoms with van der Waals surface area (Å²) in [7, 11) is -3.33. The molecule has 0 aromatic heterocycles. The number of nitrogens with zero attached hydrogens (tertiary/aromatic N) is 1. The number of cyclic esters (lactones) is 1. The lowest BCUT2D eigenvalue weighted by Crippen LogP contribution is -2.58. The third kappa shape index (κ3) is 13.8. The van der Waals surface area contributed by atoms with E-state index in [1.54, 1.807) is 12.1 Å². The van der Waals surface area contributed by atoms with E-state index >= 15 is 0 Å². The van der Waals surface area contributed by atoms with Gasteiger partial charge in [-0.1, -0.05) is 80.8 Å². The Morgan fingerprint density at radius 3 is 2.04 bits per heavy atom. The Hall–Kier alpha value is -1.92. The van der Waals surface area contributed by atoms with E-state index in [0.717, 1.165) is 23.2 Å². The van der Waals surface area contributed by atoms with Crippen LogP contribution >= 0.6 is 0 Å². The fourth-order valence-electron chi connectivity index (χ4n) is 6.81. The van der Waals surface area contributed by atoms with Gasteiger partial charge in [0.2, 0.25) is 6.08 Å². The number of aliphatic hydroxyl groups excluding tert-OH is 1. The molecule has 15 heteroatoms. The molecular weight excluding hydrogens is 779 g/mol. The first kappa shape index (κ1) is 49.4. The number of methoxy groups -OCH3 is 1. The fraction of sp³-hybridized carbons (Fsp3) is 0.810. The number of esters is 1. The first-order valence-corrected chi connectivity index (χ1v) is 30.9. The SMILES string of the molecule is CO[C@H](N=C=O)[C@@H]1C[C@@H](O[Si](C)(C)C(C)(C)C)C(C)(C)[C@@H](C[C@H](O)[C@@H](C)[C@H]2Cc3c(C)c(OCOCC[Si](C)(C)C)cc(OCOCC[Si](C)(C)C)c3C(=O)O2)O1. The van der Waals surface area contributed by atoms with E-state index < -0.39 is 72.4 Å². The van der Waals surface area contributed by atoms with Crippen molar-refractivity contribution in [1.82, 2.24) is 0 Å². The maximum Gasteiger partial charge on any atom is 0.342 e. The van der Waals surface area contributed by atoms with Crippen LogP contribution in [-0.4, -0.2) is 112 Å². The molecule has 1 aromatic rings. The molecule has 12 nitrogen and oxygen atoms in total. The number of ether oxygens (including phenoxy) is 7. The van der Waals surface area contributed by atoms with Crippen LogP contribution in [0.3, 0.4) is 0 Å². The molecule has 326 valence electrons. The maximum atomic E-state index is 13.9. The monoisotopic (exact) mass is 853 g/mol. The molecule has 1 aromatic carbocycles. The average Bonchev–Trinajstić information content (AvgIpc) is 3.08. The van der Waals surface area contributed by atoms with Gasteiger partial charge in [0, 0.05) is 73.1 Å². The van der Waals surface area contributed by atoms with Crippen LogP contribution in [0.2, 0.25) is 69.5 Å². The van der Waals surface area contributed by atoms with Gasteiger partial charge in [0.25, 0.3) is 0 Å². The van der Waals surface area contributed by atoms with Crippen molar-refractivity contribution >= 4 is 36.5 Å². The summed E-state index contributed by atoms with van der Waals surface area (Å²) >= 11 is 0. The fourth-order valence-corrected chi connectivity index (χ4v) is 9.78. The summed E-state index contributed by atoms with van der Waals surface area (Å²) in [5.41, 5.74) is 1.35. The van der Waals surface area contributed by atoms with Gasteiger partial charge in [-0.25, -0.2) is 9.59 Å². The number of isocyanates is 1. The minimum Gasteiger partial charge on any atom is -0.467 e. The highest BCUT2D eigenvalue weighted by molar-refractivity contribution is 6.76. The van der Waals surface area contributed by atoms with Crippen LogP contribution in [0.5, 0.6) is 11.5 Å². The minimum atomic E-state index is -2.25. The van der Waals surface area contributed by atoms with Crippen LogP contribution in [0.4, 0.5) is 0 Å². The number of rotatable bonds is 21. The Kier molecular flexibility index (Phi) is 17.4. The maximum absolute atomic E-state index is 13.9. The second kappa shape index (κ2) is 20.1. The number of hydrogen-bond donors (Lipinski definition) is 1. The average molecular weight is 854 g/mol. The van der Waals surface area contributed by atoms with E-state index in [4.69, 9.17) is 37.6 Å². The van der Waals surface area contributed by atoms with Crippen molar-refractivity contribution in [2.24, 2.45) is 16.3 Å². The van der Waals surface area contributed by atoms with Gasteiger partial charge in [-0.3, -0.25) is 0 Å². The number of benzene rings is 1. The van der Waals surface area contributed by atoms with E-state index in [2.05, 4.69) is 92.0 Å². The molecule has 1 N–H and O–H groups in total. The summed E-state index contributed by atoms with van der Waals surface area (Å²) in [5, 5.41) is 11.9. The second-order valence-electron chi connectivity index (χ2n) is 20.6. The Morgan fingerprint density at radius 2 is 1.53 bits per heavy atom. The number of carbonyl (C=O) groups is 1. The highest BCUT2D eigenvalue weighted by Crippen LogP contribution is 2.47. The Bertz CT molecular complexity index is 1530. The van der Waals surface area contributed by atoms with Gasteiger partial charge in [-0.05, 0) is 48.3 Å². The lowest BCUT2D eigenvalue weighted by molar-refractivity contribution is -0.207. The first-order chi connectivity index (χ1) is 26.2. The molecular formula is C42H75NO11Si3. The number of aliphatic imine (C=N–C) groups is 1. The lowest BCUT2D eigenvalue weighted by atomic mass is 9.73. The third-order valence-corrected chi connectivity index (χ3v) is 20.1. The smallest absolute Gasteiger partial charge is 0.342 e. The predicted molar refractivity (Wildman–Crippen MR) is 231 cm³/mol. The van der Waals surface area contributed by atoms with Crippen molar-refractivity contribution in [3.8, 4) is 11.5 Å². The zero-order valence-electron chi connectivity index (χ0n) is 38.0. The van der Waals surface area contributed by atoms with E-state index in [1.807, 2.05) is 13.8 Å². The van der Waals surface area contributed by atoms with Gasteiger partial charge in [0.05, 0.1) is 18.3 Å². The van der Waals surface area contributed by atoms with Gasteiger partial charge in [-0.15, -0.1) is 0 Å². The Balaban J connectivity index is 1.89. The largest absolute Gasteiger partial charge is 0.467 e. The van der Waals surface area contributed by atoms with Crippen molar-refractivity contribution in [2.45, 2.75) is 174 Å². The van der Waals surface area contributed by atoms with Gasteiger partial charge < -0.3 is 42.7 Å². The second-order valence-corrected chi connectivity index (χ2v) is 36.6. The number of hydrogen-bond acceptors (Lipinski definition) is 12. The van der Waals surface area contributed by atoms with Crippen molar-refractivity contribution < 1.29 is 52.3 Å². The number of carbonyl (C=O) groups excluding carboxylic acids is 2. The van der Waals surface area contributed by atoms with Gasteiger partial charge >= 0.3 is 5.97 Å². The van der Waals surface area contributed by atoms with Crippen LogP contribution in [0.1, 0.15) is 75.9 Å². The normalized spacial score (nSPS) is 23.1. The topological polar surface area (TPSA) is 141 Å². The molecule has 0 bridgehead atoms. The molecule has 1 saturated heterocycles. The predicted octanol–water partition coefficient (Wildman–Crippen LogP) is 8.73. The standard InChI is InChI=1S/C42H75NO11Si3/c1-28-30-21-33(53-40(46)38(30)34(51-27-49-18-20-56(12,13)14)23-32(28)50-26-48-17-19-55(9,10)11)29(2)31(45)22-36-42(6,7)37(54-57(15,16)41(3,4)5)24-35(52-36)39(47-8)43-25-44/h23,29,31,33,35-37,39,45H,17-22,24,26-27H2,1-16H3/t29-,31+,33-,35+,36-,37-,39+/m1/s1. The molecule has 0 spiro atoms. The molecule has 2 aliphatic heterocycles. The van der Waals surface area contributed by atoms with Gasteiger partial charge in [-0.2, -0.15) is 4.99 Å².